The molecule has 0 aromatic heterocycles. The molecule has 0 heterocycles. The maximum Gasteiger partial charge on any atom is 0.241 e. The second kappa shape index (κ2) is 6.89. The van der Waals surface area contributed by atoms with Crippen molar-refractivity contribution in [3.05, 3.63) is 59.9 Å². The molecule has 1 atom stereocenters. The molecule has 6 heteroatoms. The van der Waals surface area contributed by atoms with E-state index in [2.05, 4.69) is 4.72 Å². The molecule has 1 unspecified atom stereocenters. The first-order chi connectivity index (χ1) is 10.4. The van der Waals surface area contributed by atoms with Gasteiger partial charge in [-0.2, -0.15) is 0 Å². The molecule has 1 N–H and O–H groups in total. The molecule has 0 bridgehead atoms. The molecule has 0 fully saturated rings. The summed E-state index contributed by atoms with van der Waals surface area (Å²) < 4.78 is 46.0. The molecule has 0 saturated carbocycles. The number of hydrogen-bond acceptors (Lipinski definition) is 3. The van der Waals surface area contributed by atoms with Gasteiger partial charge < -0.3 is 4.74 Å². The van der Waals surface area contributed by atoms with Crippen molar-refractivity contribution in [2.75, 3.05) is 6.61 Å². The zero-order chi connectivity index (χ0) is 16.2. The second-order valence-corrected chi connectivity index (χ2v) is 6.49. The summed E-state index contributed by atoms with van der Waals surface area (Å²) in [5, 5.41) is 0. The van der Waals surface area contributed by atoms with E-state index >= 15 is 0 Å². The number of rotatable bonds is 6. The van der Waals surface area contributed by atoms with E-state index < -0.39 is 21.9 Å². The van der Waals surface area contributed by atoms with Gasteiger partial charge in [-0.15, -0.1) is 0 Å². The van der Waals surface area contributed by atoms with Gasteiger partial charge in [0.15, 0.2) is 11.6 Å². The van der Waals surface area contributed by atoms with Crippen LogP contribution in [0, 0.1) is 5.82 Å². The van der Waals surface area contributed by atoms with E-state index in [4.69, 9.17) is 4.74 Å². The molecule has 0 amide bonds. The fourth-order valence-corrected chi connectivity index (χ4v) is 3.27. The van der Waals surface area contributed by atoms with E-state index in [-0.39, 0.29) is 17.3 Å². The number of benzene rings is 2. The summed E-state index contributed by atoms with van der Waals surface area (Å²) in [6, 6.07) is 12.3. The topological polar surface area (TPSA) is 55.4 Å². The van der Waals surface area contributed by atoms with Crippen molar-refractivity contribution in [1.82, 2.24) is 4.72 Å². The summed E-state index contributed by atoms with van der Waals surface area (Å²) in [6.07, 6.45) is 0. The number of halogens is 1. The van der Waals surface area contributed by atoms with Crippen LogP contribution in [0.2, 0.25) is 0 Å². The Hall–Kier alpha value is -1.92. The summed E-state index contributed by atoms with van der Waals surface area (Å²) in [5.74, 6) is -0.658. The zero-order valence-corrected chi connectivity index (χ0v) is 13.2. The van der Waals surface area contributed by atoms with Gasteiger partial charge >= 0.3 is 0 Å². The molecule has 118 valence electrons. The monoisotopic (exact) mass is 323 g/mol. The van der Waals surface area contributed by atoms with Crippen LogP contribution in [0.5, 0.6) is 5.75 Å². The lowest BCUT2D eigenvalue weighted by atomic mass is 10.1. The quantitative estimate of drug-likeness (QED) is 0.888. The van der Waals surface area contributed by atoms with Crippen molar-refractivity contribution in [2.24, 2.45) is 0 Å². The van der Waals surface area contributed by atoms with Gasteiger partial charge in [0.2, 0.25) is 10.0 Å². The minimum atomic E-state index is -3.76. The van der Waals surface area contributed by atoms with Crippen molar-refractivity contribution < 1.29 is 17.5 Å². The average Bonchev–Trinajstić information content (AvgIpc) is 2.50. The molecule has 0 saturated heterocycles. The normalized spacial score (nSPS) is 12.9. The van der Waals surface area contributed by atoms with Gasteiger partial charge in [-0.25, -0.2) is 17.5 Å². The summed E-state index contributed by atoms with van der Waals surface area (Å²) in [5.41, 5.74) is 0.846. The Morgan fingerprint density at radius 3 is 2.50 bits per heavy atom. The Kier molecular flexibility index (Phi) is 5.15. The molecule has 0 aliphatic carbocycles. The van der Waals surface area contributed by atoms with Crippen LogP contribution in [0.15, 0.2) is 53.4 Å². The van der Waals surface area contributed by atoms with Gasteiger partial charge in [0, 0.05) is 12.1 Å². The molecule has 2 rings (SSSR count). The van der Waals surface area contributed by atoms with Crippen LogP contribution in [0.4, 0.5) is 4.39 Å². The number of hydrogen-bond donors (Lipinski definition) is 1. The first-order valence-electron chi connectivity index (χ1n) is 6.93. The smallest absolute Gasteiger partial charge is 0.241 e. The molecule has 4 nitrogen and oxygen atoms in total. The highest BCUT2D eigenvalue weighted by molar-refractivity contribution is 7.89. The summed E-state index contributed by atoms with van der Waals surface area (Å²) in [6.45, 7) is 3.71. The van der Waals surface area contributed by atoms with Crippen LogP contribution in [0.25, 0.3) is 0 Å². The Bertz CT molecular complexity index is 732. The maximum absolute atomic E-state index is 13.5. The predicted octanol–water partition coefficient (Wildman–Crippen LogP) is 3.26. The second-order valence-electron chi connectivity index (χ2n) is 4.78. The van der Waals surface area contributed by atoms with E-state index in [1.165, 1.54) is 12.1 Å². The van der Waals surface area contributed by atoms with Crippen LogP contribution in [-0.4, -0.2) is 15.0 Å². The van der Waals surface area contributed by atoms with Crippen LogP contribution < -0.4 is 9.46 Å². The number of sulfonamides is 1. The largest absolute Gasteiger partial charge is 0.491 e. The number of nitrogens with one attached hydrogen (secondary N) is 1. The first kappa shape index (κ1) is 16.5. The van der Waals surface area contributed by atoms with Crippen LogP contribution in [0.1, 0.15) is 25.5 Å². The Labute approximate surface area is 130 Å². The van der Waals surface area contributed by atoms with Crippen molar-refractivity contribution in [2.45, 2.75) is 24.8 Å². The van der Waals surface area contributed by atoms with E-state index in [0.717, 1.165) is 11.6 Å². The fraction of sp³-hybridized carbons (Fsp3) is 0.250. The van der Waals surface area contributed by atoms with Crippen LogP contribution in [-0.2, 0) is 10.0 Å². The number of ether oxygens (including phenoxy) is 1. The fourth-order valence-electron chi connectivity index (χ4n) is 2.03. The highest BCUT2D eigenvalue weighted by atomic mass is 32.2. The lowest BCUT2D eigenvalue weighted by Crippen LogP contribution is -2.27. The minimum absolute atomic E-state index is 0.0277. The first-order valence-corrected chi connectivity index (χ1v) is 8.42. The highest BCUT2D eigenvalue weighted by Gasteiger charge is 2.20. The Balaban J connectivity index is 2.25. The molecule has 2 aromatic carbocycles. The summed E-state index contributed by atoms with van der Waals surface area (Å²) in [4.78, 5) is -0.0277. The highest BCUT2D eigenvalue weighted by Crippen LogP contribution is 2.23. The van der Waals surface area contributed by atoms with Crippen LogP contribution in [0.3, 0.4) is 0 Å². The SMILES string of the molecule is CCOc1cc(S(=O)(=O)NC(C)c2ccccc2)ccc1F. The van der Waals surface area contributed by atoms with Gasteiger partial charge in [0.25, 0.3) is 0 Å². The Morgan fingerprint density at radius 2 is 1.86 bits per heavy atom. The molecule has 0 spiro atoms. The van der Waals surface area contributed by atoms with Crippen molar-refractivity contribution >= 4 is 10.0 Å². The molecule has 2 aromatic rings. The average molecular weight is 323 g/mol. The third kappa shape index (κ3) is 3.84. The van der Waals surface area contributed by atoms with Crippen molar-refractivity contribution in [3.8, 4) is 5.75 Å². The van der Waals surface area contributed by atoms with E-state index in [9.17, 15) is 12.8 Å². The molecule has 22 heavy (non-hydrogen) atoms. The van der Waals surface area contributed by atoms with Gasteiger partial charge in [-0.3, -0.25) is 0 Å². The molecule has 0 aliphatic rings. The molecule has 0 radical (unpaired) electrons. The third-order valence-electron chi connectivity index (χ3n) is 3.14. The maximum atomic E-state index is 13.5. The van der Waals surface area contributed by atoms with Gasteiger partial charge in [0.05, 0.1) is 11.5 Å². The lowest BCUT2D eigenvalue weighted by molar-refractivity contribution is 0.320. The van der Waals surface area contributed by atoms with Gasteiger partial charge in [0.1, 0.15) is 0 Å². The van der Waals surface area contributed by atoms with Gasteiger partial charge in [-0.1, -0.05) is 30.3 Å². The third-order valence-corrected chi connectivity index (χ3v) is 4.68. The van der Waals surface area contributed by atoms with Gasteiger partial charge in [-0.05, 0) is 31.5 Å². The van der Waals surface area contributed by atoms with E-state index in [1.54, 1.807) is 13.8 Å². The molecular formula is C16H18FNO3S. The summed E-state index contributed by atoms with van der Waals surface area (Å²) >= 11 is 0. The van der Waals surface area contributed by atoms with Crippen molar-refractivity contribution in [1.29, 1.82) is 0 Å². The standard InChI is InChI=1S/C16H18FNO3S/c1-3-21-16-11-14(9-10-15(16)17)22(19,20)18-12(2)13-7-5-4-6-8-13/h4-12,18H,3H2,1-2H3. The van der Waals surface area contributed by atoms with E-state index in [0.29, 0.717) is 0 Å². The molecular weight excluding hydrogens is 305 g/mol. The molecule has 0 aliphatic heterocycles. The summed E-state index contributed by atoms with van der Waals surface area (Å²) in [7, 11) is -3.76. The zero-order valence-electron chi connectivity index (χ0n) is 12.4. The predicted molar refractivity (Wildman–Crippen MR) is 82.7 cm³/mol. The Morgan fingerprint density at radius 1 is 1.18 bits per heavy atom. The van der Waals surface area contributed by atoms with Crippen LogP contribution >= 0.6 is 0 Å². The van der Waals surface area contributed by atoms with Crippen molar-refractivity contribution in [3.63, 3.8) is 0 Å². The lowest BCUT2D eigenvalue weighted by Gasteiger charge is -2.15. The van der Waals surface area contributed by atoms with E-state index in [1.807, 2.05) is 30.3 Å². The minimum Gasteiger partial charge on any atom is -0.491 e.